The number of aromatic nitrogens is 1. The van der Waals surface area contributed by atoms with Gasteiger partial charge in [0.2, 0.25) is 0 Å². The molecule has 1 aromatic heterocycles. The molecule has 2 N–H and O–H groups in total. The minimum Gasteiger partial charge on any atom is -0.362 e. The molecule has 0 spiro atoms. The Morgan fingerprint density at radius 1 is 1.00 bits per heavy atom. The Morgan fingerprint density at radius 2 is 1.77 bits per heavy atom. The summed E-state index contributed by atoms with van der Waals surface area (Å²) in [5, 5.41) is 9.71. The van der Waals surface area contributed by atoms with Crippen molar-refractivity contribution in [2.24, 2.45) is 0 Å². The highest BCUT2D eigenvalue weighted by Crippen LogP contribution is 2.41. The van der Waals surface area contributed by atoms with Gasteiger partial charge in [-0.2, -0.15) is 0 Å². The van der Waals surface area contributed by atoms with Crippen LogP contribution in [0.2, 0.25) is 10.0 Å². The van der Waals surface area contributed by atoms with Gasteiger partial charge in [-0.05, 0) is 79.2 Å². The normalized spacial score (nSPS) is 14.9. The van der Waals surface area contributed by atoms with Gasteiger partial charge >= 0.3 is 0 Å². The van der Waals surface area contributed by atoms with Crippen LogP contribution < -0.4 is 10.6 Å². The Bertz CT molecular complexity index is 1030. The zero-order valence-corrected chi connectivity index (χ0v) is 20.1. The molecule has 0 bridgehead atoms. The molecule has 31 heavy (non-hydrogen) atoms. The van der Waals surface area contributed by atoms with E-state index in [9.17, 15) is 0 Å². The smallest absolute Gasteiger partial charge is 0.170 e. The Morgan fingerprint density at radius 3 is 2.45 bits per heavy atom. The van der Waals surface area contributed by atoms with Gasteiger partial charge in [-0.3, -0.25) is 0 Å². The van der Waals surface area contributed by atoms with Crippen molar-refractivity contribution in [3.05, 3.63) is 82.5 Å². The van der Waals surface area contributed by atoms with Crippen LogP contribution in [0.4, 0.5) is 5.69 Å². The predicted octanol–water partition coefficient (Wildman–Crippen LogP) is 7.34. The Kier molecular flexibility index (Phi) is 7.39. The molecule has 7 heteroatoms. The predicted molar refractivity (Wildman–Crippen MR) is 136 cm³/mol. The second-order valence-electron chi connectivity index (χ2n) is 7.75. The first-order valence-electron chi connectivity index (χ1n) is 10.2. The molecule has 0 atom stereocenters. The first kappa shape index (κ1) is 22.4. The SMILES string of the molecule is S=C(NCC1(c2cccc(Cl)c2)CCCC1)Nc1ccc(Sc2ccc(Cl)cc2)nc1. The molecule has 1 aliphatic rings. The fraction of sp³-hybridized carbons (Fsp3) is 0.250. The highest BCUT2D eigenvalue weighted by Gasteiger charge is 2.35. The number of hydrogen-bond acceptors (Lipinski definition) is 3. The van der Waals surface area contributed by atoms with Crippen LogP contribution in [0.3, 0.4) is 0 Å². The first-order chi connectivity index (χ1) is 15.0. The number of rotatable bonds is 6. The molecule has 0 unspecified atom stereocenters. The second kappa shape index (κ2) is 10.2. The van der Waals surface area contributed by atoms with Gasteiger partial charge in [-0.15, -0.1) is 0 Å². The van der Waals surface area contributed by atoms with Crippen molar-refractivity contribution in [2.75, 3.05) is 11.9 Å². The molecule has 3 nitrogen and oxygen atoms in total. The van der Waals surface area contributed by atoms with E-state index in [0.29, 0.717) is 5.11 Å². The summed E-state index contributed by atoms with van der Waals surface area (Å²) in [4.78, 5) is 5.62. The van der Waals surface area contributed by atoms with Crippen molar-refractivity contribution in [3.8, 4) is 0 Å². The van der Waals surface area contributed by atoms with E-state index in [2.05, 4.69) is 27.8 Å². The van der Waals surface area contributed by atoms with Crippen molar-refractivity contribution in [2.45, 2.75) is 41.0 Å². The van der Waals surface area contributed by atoms with Crippen LogP contribution in [0, 0.1) is 0 Å². The minimum atomic E-state index is 0.0773. The molecule has 1 aliphatic carbocycles. The molecule has 0 saturated heterocycles. The number of anilines is 1. The third kappa shape index (κ3) is 5.92. The van der Waals surface area contributed by atoms with Crippen LogP contribution in [0.15, 0.2) is 76.8 Å². The highest BCUT2D eigenvalue weighted by atomic mass is 35.5. The van der Waals surface area contributed by atoms with E-state index in [0.717, 1.165) is 45.0 Å². The van der Waals surface area contributed by atoms with Crippen molar-refractivity contribution >= 4 is 58.0 Å². The van der Waals surface area contributed by atoms with Crippen molar-refractivity contribution in [1.29, 1.82) is 0 Å². The molecular weight excluding hydrogens is 465 g/mol. The summed E-state index contributed by atoms with van der Waals surface area (Å²) >= 11 is 19.3. The van der Waals surface area contributed by atoms with Gasteiger partial charge < -0.3 is 10.6 Å². The van der Waals surface area contributed by atoms with Gasteiger partial charge in [-0.25, -0.2) is 4.98 Å². The molecule has 0 aliphatic heterocycles. The van der Waals surface area contributed by atoms with Crippen LogP contribution in [0.5, 0.6) is 0 Å². The molecular formula is C24H23Cl2N3S2. The first-order valence-corrected chi connectivity index (χ1v) is 12.2. The summed E-state index contributed by atoms with van der Waals surface area (Å²) in [5.74, 6) is 0. The summed E-state index contributed by atoms with van der Waals surface area (Å²) < 4.78 is 0. The number of halogens is 2. The molecule has 160 valence electrons. The van der Waals surface area contributed by atoms with Crippen LogP contribution in [-0.4, -0.2) is 16.6 Å². The summed E-state index contributed by atoms with van der Waals surface area (Å²) in [6, 6.07) is 19.9. The van der Waals surface area contributed by atoms with E-state index >= 15 is 0 Å². The van der Waals surface area contributed by atoms with E-state index in [1.54, 1.807) is 18.0 Å². The summed E-state index contributed by atoms with van der Waals surface area (Å²) in [7, 11) is 0. The Balaban J connectivity index is 1.34. The maximum absolute atomic E-state index is 6.25. The standard InChI is InChI=1S/C24H23Cl2N3S2/c25-18-6-9-21(10-7-18)31-22-11-8-20(15-27-22)29-23(30)28-16-24(12-1-2-13-24)17-4-3-5-19(26)14-17/h3-11,14-15H,1-2,12-13,16H2,(H2,28,29,30). The van der Waals surface area contributed by atoms with Gasteiger partial charge in [0.05, 0.1) is 11.9 Å². The molecule has 0 amide bonds. The van der Waals surface area contributed by atoms with Gasteiger partial charge in [0.15, 0.2) is 5.11 Å². The van der Waals surface area contributed by atoms with Crippen LogP contribution in [-0.2, 0) is 5.41 Å². The molecule has 1 saturated carbocycles. The summed E-state index contributed by atoms with van der Waals surface area (Å²) in [6.07, 6.45) is 6.53. The van der Waals surface area contributed by atoms with Crippen molar-refractivity contribution in [1.82, 2.24) is 10.3 Å². The van der Waals surface area contributed by atoms with Gasteiger partial charge in [0, 0.05) is 26.9 Å². The largest absolute Gasteiger partial charge is 0.362 e. The molecule has 1 heterocycles. The lowest BCUT2D eigenvalue weighted by molar-refractivity contribution is 0.435. The summed E-state index contributed by atoms with van der Waals surface area (Å²) in [5.41, 5.74) is 2.23. The van der Waals surface area contributed by atoms with Gasteiger partial charge in [0.25, 0.3) is 0 Å². The third-order valence-electron chi connectivity index (χ3n) is 5.62. The molecule has 1 fully saturated rings. The van der Waals surface area contributed by atoms with Crippen LogP contribution in [0.1, 0.15) is 31.2 Å². The zero-order valence-electron chi connectivity index (χ0n) is 16.9. The topological polar surface area (TPSA) is 37.0 Å². The Labute approximate surface area is 203 Å². The molecule has 2 aromatic carbocycles. The lowest BCUT2D eigenvalue weighted by Crippen LogP contribution is -2.40. The zero-order chi connectivity index (χ0) is 21.7. The maximum atomic E-state index is 6.25. The van der Waals surface area contributed by atoms with Crippen LogP contribution >= 0.6 is 47.2 Å². The van der Waals surface area contributed by atoms with Crippen LogP contribution in [0.25, 0.3) is 0 Å². The third-order valence-corrected chi connectivity index (χ3v) is 7.31. The van der Waals surface area contributed by atoms with Gasteiger partial charge in [0.1, 0.15) is 5.03 Å². The van der Waals surface area contributed by atoms with E-state index < -0.39 is 0 Å². The lowest BCUT2D eigenvalue weighted by Gasteiger charge is -2.30. The molecule has 4 rings (SSSR count). The fourth-order valence-corrected chi connectivity index (χ4v) is 5.26. The number of nitrogens with one attached hydrogen (secondary N) is 2. The highest BCUT2D eigenvalue weighted by molar-refractivity contribution is 7.99. The molecule has 0 radical (unpaired) electrons. The second-order valence-corrected chi connectivity index (χ2v) is 10.1. The molecule has 3 aromatic rings. The van der Waals surface area contributed by atoms with E-state index in [1.807, 2.05) is 48.5 Å². The monoisotopic (exact) mass is 487 g/mol. The maximum Gasteiger partial charge on any atom is 0.170 e. The number of benzene rings is 2. The number of pyridine rings is 1. The van der Waals surface area contributed by atoms with Crippen molar-refractivity contribution < 1.29 is 0 Å². The Hall–Kier alpha value is -1.79. The van der Waals surface area contributed by atoms with Crippen molar-refractivity contribution in [3.63, 3.8) is 0 Å². The van der Waals surface area contributed by atoms with E-state index in [4.69, 9.17) is 35.4 Å². The van der Waals surface area contributed by atoms with Gasteiger partial charge in [-0.1, -0.05) is 59.9 Å². The van der Waals surface area contributed by atoms with E-state index in [1.165, 1.54) is 18.4 Å². The number of thiocarbonyl (C=S) groups is 1. The fourth-order valence-electron chi connectivity index (χ4n) is 4.00. The number of hydrogen-bond donors (Lipinski definition) is 2. The quantitative estimate of drug-likeness (QED) is 0.355. The number of nitrogens with zero attached hydrogens (tertiary/aromatic N) is 1. The summed E-state index contributed by atoms with van der Waals surface area (Å²) in [6.45, 7) is 0.789. The average Bonchev–Trinajstić information content (AvgIpc) is 3.26. The lowest BCUT2D eigenvalue weighted by atomic mass is 9.79. The minimum absolute atomic E-state index is 0.0773. The average molecular weight is 489 g/mol. The van der Waals surface area contributed by atoms with E-state index in [-0.39, 0.29) is 5.41 Å².